The number of primary amides is 1. The van der Waals surface area contributed by atoms with Crippen LogP contribution < -0.4 is 10.3 Å². The molecule has 0 saturated carbocycles. The highest BCUT2D eigenvalue weighted by molar-refractivity contribution is 7.17. The summed E-state index contributed by atoms with van der Waals surface area (Å²) in [6, 6.07) is 3.09. The molecule has 4 atom stereocenters. The summed E-state index contributed by atoms with van der Waals surface area (Å²) in [5, 5.41) is 19.8. The van der Waals surface area contributed by atoms with Crippen molar-refractivity contribution in [1.29, 1.82) is 0 Å². The fraction of sp³-hybridized carbons (Fsp3) is 0.455. The Morgan fingerprint density at radius 3 is 2.90 bits per heavy atom. The van der Waals surface area contributed by atoms with Crippen molar-refractivity contribution in [2.75, 3.05) is 6.61 Å². The molecule has 8 nitrogen and oxygen atoms in total. The second-order valence-electron chi connectivity index (χ2n) is 4.32. The molecule has 1 amide bonds. The zero-order chi connectivity index (χ0) is 14.7. The van der Waals surface area contributed by atoms with Crippen molar-refractivity contribution in [3.8, 4) is 0 Å². The average molecular weight is 301 g/mol. The van der Waals surface area contributed by atoms with Crippen molar-refractivity contribution in [2.24, 2.45) is 5.73 Å². The lowest BCUT2D eigenvalue weighted by atomic mass is 10.1. The van der Waals surface area contributed by atoms with Gasteiger partial charge in [-0.15, -0.1) is 0 Å². The van der Waals surface area contributed by atoms with E-state index in [0.29, 0.717) is 0 Å². The van der Waals surface area contributed by atoms with Gasteiger partial charge in [0.2, 0.25) is 0 Å². The van der Waals surface area contributed by atoms with Gasteiger partial charge in [-0.2, -0.15) is 4.57 Å². The second-order valence-corrected chi connectivity index (χ2v) is 4.73. The van der Waals surface area contributed by atoms with Crippen LogP contribution in [0.25, 0.3) is 0 Å². The first-order valence-corrected chi connectivity index (χ1v) is 6.54. The predicted molar refractivity (Wildman–Crippen MR) is 64.6 cm³/mol. The van der Waals surface area contributed by atoms with Crippen molar-refractivity contribution >= 4 is 14.6 Å². The third-order valence-electron chi connectivity index (χ3n) is 3.03. The van der Waals surface area contributed by atoms with E-state index in [0.717, 1.165) is 0 Å². The van der Waals surface area contributed by atoms with Gasteiger partial charge in [0.05, 0.1) is 6.61 Å². The molecule has 1 saturated heterocycles. The van der Waals surface area contributed by atoms with Crippen molar-refractivity contribution in [3.63, 3.8) is 0 Å². The number of pyridine rings is 1. The number of aromatic nitrogens is 1. The molecule has 1 aromatic rings. The van der Waals surface area contributed by atoms with Crippen LogP contribution >= 0.6 is 8.69 Å². The van der Waals surface area contributed by atoms with Gasteiger partial charge in [-0.05, 0) is 6.07 Å². The third kappa shape index (κ3) is 3.00. The number of hydrogen-bond acceptors (Lipinski definition) is 6. The van der Waals surface area contributed by atoms with E-state index < -0.39 is 39.1 Å². The SMILES string of the molecule is NC(=O)c1ccc[n+](C2OC(COP=O)C(O)C2O)c1. The molecule has 1 aromatic heterocycles. The van der Waals surface area contributed by atoms with Crippen molar-refractivity contribution < 1.29 is 33.4 Å². The molecule has 4 N–H and O–H groups in total. The monoisotopic (exact) mass is 301 g/mol. The molecule has 9 heteroatoms. The number of aliphatic hydroxyl groups is 2. The van der Waals surface area contributed by atoms with Gasteiger partial charge in [0.25, 0.3) is 12.1 Å². The Kier molecular flexibility index (Phi) is 4.74. The molecule has 1 aliphatic heterocycles. The van der Waals surface area contributed by atoms with Crippen LogP contribution in [0.3, 0.4) is 0 Å². The van der Waals surface area contributed by atoms with Gasteiger partial charge >= 0.3 is 8.69 Å². The van der Waals surface area contributed by atoms with Gasteiger partial charge in [0, 0.05) is 6.07 Å². The standard InChI is InChI=1S/C11H13N2O6P/c12-10(16)6-2-1-3-13(4-6)11-9(15)8(14)7(19-11)5-18-20-17/h1-4,7-9,11,14-15H,5H2,(H-,12,16)/p+1. The van der Waals surface area contributed by atoms with Crippen LogP contribution in [0.1, 0.15) is 16.6 Å². The summed E-state index contributed by atoms with van der Waals surface area (Å²) in [4.78, 5) is 11.1. The Hall–Kier alpha value is -1.44. The molecule has 0 aromatic carbocycles. The van der Waals surface area contributed by atoms with Crippen LogP contribution in [0.15, 0.2) is 24.5 Å². The van der Waals surface area contributed by atoms with Gasteiger partial charge < -0.3 is 20.7 Å². The van der Waals surface area contributed by atoms with Gasteiger partial charge in [0.15, 0.2) is 18.5 Å². The van der Waals surface area contributed by atoms with E-state index in [2.05, 4.69) is 4.52 Å². The van der Waals surface area contributed by atoms with Gasteiger partial charge in [0.1, 0.15) is 17.8 Å². The minimum absolute atomic E-state index is 0.129. The fourth-order valence-corrected chi connectivity index (χ4v) is 2.22. The number of amides is 1. The van der Waals surface area contributed by atoms with E-state index in [-0.39, 0.29) is 12.2 Å². The van der Waals surface area contributed by atoms with E-state index in [1.165, 1.54) is 16.8 Å². The van der Waals surface area contributed by atoms with Crippen molar-refractivity contribution in [2.45, 2.75) is 24.5 Å². The molecule has 1 aliphatic rings. The summed E-state index contributed by atoms with van der Waals surface area (Å²) in [5.41, 5.74) is 5.42. The van der Waals surface area contributed by atoms with E-state index in [1.807, 2.05) is 0 Å². The lowest BCUT2D eigenvalue weighted by molar-refractivity contribution is -0.765. The first-order valence-electron chi connectivity index (χ1n) is 5.81. The number of nitrogens with two attached hydrogens (primary N) is 1. The number of aliphatic hydroxyl groups excluding tert-OH is 2. The Labute approximate surface area is 116 Å². The number of hydrogen-bond donors (Lipinski definition) is 3. The maximum Gasteiger partial charge on any atom is 0.327 e. The highest BCUT2D eigenvalue weighted by Gasteiger charge is 2.48. The zero-order valence-corrected chi connectivity index (χ0v) is 11.2. The smallest absolute Gasteiger partial charge is 0.327 e. The molecule has 108 valence electrons. The molecule has 20 heavy (non-hydrogen) atoms. The first-order chi connectivity index (χ1) is 9.54. The van der Waals surface area contributed by atoms with Crippen LogP contribution in [-0.4, -0.2) is 41.0 Å². The zero-order valence-electron chi connectivity index (χ0n) is 10.3. The number of ether oxygens (including phenoxy) is 1. The highest BCUT2D eigenvalue weighted by atomic mass is 31.1. The van der Waals surface area contributed by atoms with Gasteiger partial charge in [-0.1, -0.05) is 0 Å². The van der Waals surface area contributed by atoms with E-state index in [9.17, 15) is 19.6 Å². The van der Waals surface area contributed by atoms with Crippen LogP contribution in [0.5, 0.6) is 0 Å². The normalized spacial score (nSPS) is 29.7. The lowest BCUT2D eigenvalue weighted by Crippen LogP contribution is -2.46. The molecule has 0 radical (unpaired) electrons. The minimum Gasteiger partial charge on any atom is -0.387 e. The lowest BCUT2D eigenvalue weighted by Gasteiger charge is -2.10. The molecule has 2 rings (SSSR count). The second kappa shape index (κ2) is 6.34. The first kappa shape index (κ1) is 15.0. The van der Waals surface area contributed by atoms with Crippen LogP contribution in [0.2, 0.25) is 0 Å². The largest absolute Gasteiger partial charge is 0.387 e. The maximum absolute atomic E-state index is 11.1. The van der Waals surface area contributed by atoms with Crippen molar-refractivity contribution in [1.82, 2.24) is 0 Å². The topological polar surface area (TPSA) is 123 Å². The highest BCUT2D eigenvalue weighted by Crippen LogP contribution is 2.26. The Morgan fingerprint density at radius 1 is 1.50 bits per heavy atom. The molecule has 0 aliphatic carbocycles. The van der Waals surface area contributed by atoms with Gasteiger partial charge in [-0.3, -0.25) is 9.32 Å². The van der Waals surface area contributed by atoms with Crippen LogP contribution in [-0.2, 0) is 13.8 Å². The Bertz CT molecular complexity index is 513. The van der Waals surface area contributed by atoms with Crippen LogP contribution in [0.4, 0.5) is 0 Å². The summed E-state index contributed by atoms with van der Waals surface area (Å²) in [6.45, 7) is -0.129. The minimum atomic E-state index is -1.21. The Morgan fingerprint density at radius 2 is 2.25 bits per heavy atom. The molecule has 0 spiro atoms. The summed E-state index contributed by atoms with van der Waals surface area (Å²) < 4.78 is 21.7. The van der Waals surface area contributed by atoms with Crippen molar-refractivity contribution in [3.05, 3.63) is 30.1 Å². The number of nitrogens with zero attached hydrogens (tertiary/aromatic N) is 1. The molecule has 2 heterocycles. The average Bonchev–Trinajstić information content (AvgIpc) is 2.73. The molecule has 1 fully saturated rings. The van der Waals surface area contributed by atoms with Gasteiger partial charge in [-0.25, -0.2) is 4.57 Å². The van der Waals surface area contributed by atoms with E-state index in [4.69, 9.17) is 10.5 Å². The molecular formula is C11H14N2O6P+. The maximum atomic E-state index is 11.1. The summed E-state index contributed by atoms with van der Waals surface area (Å²) >= 11 is 0. The Balaban J connectivity index is 2.18. The summed E-state index contributed by atoms with van der Waals surface area (Å²) in [5.74, 6) is -0.613. The molecule has 0 bridgehead atoms. The summed E-state index contributed by atoms with van der Waals surface area (Å²) in [6.07, 6.45) is -1.12. The van der Waals surface area contributed by atoms with E-state index >= 15 is 0 Å². The summed E-state index contributed by atoms with van der Waals surface area (Å²) in [7, 11) is -0.533. The number of carbonyl (C=O) groups is 1. The van der Waals surface area contributed by atoms with Crippen LogP contribution in [0, 0.1) is 0 Å². The number of rotatable bonds is 5. The predicted octanol–water partition coefficient (Wildman–Crippen LogP) is -1.08. The molecular weight excluding hydrogens is 287 g/mol. The van der Waals surface area contributed by atoms with E-state index in [1.54, 1.807) is 12.3 Å². The molecule has 4 unspecified atom stereocenters. The fourth-order valence-electron chi connectivity index (χ4n) is 2.01. The third-order valence-corrected chi connectivity index (χ3v) is 3.28. The number of carbonyl (C=O) groups excluding carboxylic acids is 1. The quantitative estimate of drug-likeness (QED) is 0.469.